The molecule has 0 aromatic carbocycles. The highest BCUT2D eigenvalue weighted by atomic mass is 35.5. The van der Waals surface area contributed by atoms with Gasteiger partial charge >= 0.3 is 5.69 Å². The summed E-state index contributed by atoms with van der Waals surface area (Å²) in [6.45, 7) is 4.40. The Balaban J connectivity index is 2.14. The monoisotopic (exact) mass is 284 g/mol. The van der Waals surface area contributed by atoms with Crippen LogP contribution in [0.3, 0.4) is 0 Å². The van der Waals surface area contributed by atoms with E-state index in [4.69, 9.17) is 16.3 Å². The van der Waals surface area contributed by atoms with E-state index in [2.05, 4.69) is 18.8 Å². The summed E-state index contributed by atoms with van der Waals surface area (Å²) in [4.78, 5) is 14.4. The zero-order chi connectivity index (χ0) is 14.0. The van der Waals surface area contributed by atoms with Crippen molar-refractivity contribution in [2.75, 3.05) is 0 Å². The van der Waals surface area contributed by atoms with E-state index in [0.717, 1.165) is 19.3 Å². The molecule has 19 heavy (non-hydrogen) atoms. The van der Waals surface area contributed by atoms with Crippen LogP contribution in [0.4, 0.5) is 5.69 Å². The Hall–Kier alpha value is -1.36. The fourth-order valence-corrected chi connectivity index (χ4v) is 2.54. The average molecular weight is 285 g/mol. The molecule has 0 saturated heterocycles. The number of nitro groups is 1. The SMILES string of the molecule is CC1CCC(Oc2nc(Cl)ccc2[N+](=O)[O-])CC1C. The van der Waals surface area contributed by atoms with Gasteiger partial charge in [-0.25, -0.2) is 0 Å². The van der Waals surface area contributed by atoms with Crippen molar-refractivity contribution in [3.63, 3.8) is 0 Å². The van der Waals surface area contributed by atoms with Gasteiger partial charge in [0.2, 0.25) is 0 Å². The zero-order valence-corrected chi connectivity index (χ0v) is 11.8. The van der Waals surface area contributed by atoms with Crippen LogP contribution in [0.2, 0.25) is 5.15 Å². The Morgan fingerprint density at radius 1 is 1.37 bits per heavy atom. The van der Waals surface area contributed by atoms with Crippen LogP contribution in [0.25, 0.3) is 0 Å². The molecule has 1 aliphatic rings. The molecule has 0 bridgehead atoms. The van der Waals surface area contributed by atoms with Crippen molar-refractivity contribution in [2.24, 2.45) is 11.8 Å². The minimum absolute atomic E-state index is 0.0177. The van der Waals surface area contributed by atoms with Gasteiger partial charge in [0, 0.05) is 6.07 Å². The molecule has 3 unspecified atom stereocenters. The number of hydrogen-bond donors (Lipinski definition) is 0. The van der Waals surface area contributed by atoms with Crippen LogP contribution >= 0.6 is 11.6 Å². The van der Waals surface area contributed by atoms with Crippen LogP contribution in [0.15, 0.2) is 12.1 Å². The molecule has 104 valence electrons. The van der Waals surface area contributed by atoms with Crippen molar-refractivity contribution >= 4 is 17.3 Å². The maximum Gasteiger partial charge on any atom is 0.331 e. The van der Waals surface area contributed by atoms with Gasteiger partial charge in [-0.05, 0) is 37.2 Å². The summed E-state index contributed by atoms with van der Waals surface area (Å²) in [5.41, 5.74) is -0.129. The number of aromatic nitrogens is 1. The first-order valence-corrected chi connectivity index (χ1v) is 6.82. The van der Waals surface area contributed by atoms with E-state index < -0.39 is 4.92 Å². The number of pyridine rings is 1. The maximum absolute atomic E-state index is 10.9. The second-order valence-corrected chi connectivity index (χ2v) is 5.61. The highest BCUT2D eigenvalue weighted by Gasteiger charge is 2.28. The normalized spacial score (nSPS) is 27.0. The van der Waals surface area contributed by atoms with Gasteiger partial charge in [-0.15, -0.1) is 0 Å². The molecule has 2 rings (SSSR count). The first-order valence-electron chi connectivity index (χ1n) is 6.45. The highest BCUT2D eigenvalue weighted by Crippen LogP contribution is 2.34. The lowest BCUT2D eigenvalue weighted by molar-refractivity contribution is -0.386. The third-order valence-corrected chi connectivity index (χ3v) is 4.04. The van der Waals surface area contributed by atoms with Crippen molar-refractivity contribution in [2.45, 2.75) is 39.2 Å². The van der Waals surface area contributed by atoms with Gasteiger partial charge in [0.05, 0.1) is 4.92 Å². The number of rotatable bonds is 3. The van der Waals surface area contributed by atoms with Crippen LogP contribution in [-0.2, 0) is 0 Å². The third kappa shape index (κ3) is 3.35. The van der Waals surface area contributed by atoms with E-state index in [-0.39, 0.29) is 22.8 Å². The van der Waals surface area contributed by atoms with Gasteiger partial charge in [-0.3, -0.25) is 10.1 Å². The molecule has 0 aliphatic heterocycles. The van der Waals surface area contributed by atoms with E-state index in [1.54, 1.807) is 0 Å². The molecule has 1 fully saturated rings. The third-order valence-electron chi connectivity index (χ3n) is 3.83. The molecular formula is C13H17ClN2O3. The number of ether oxygens (including phenoxy) is 1. The highest BCUT2D eigenvalue weighted by molar-refractivity contribution is 6.29. The fraction of sp³-hybridized carbons (Fsp3) is 0.615. The van der Waals surface area contributed by atoms with Crippen molar-refractivity contribution in [3.05, 3.63) is 27.4 Å². The summed E-state index contributed by atoms with van der Waals surface area (Å²) >= 11 is 5.78. The molecule has 0 amide bonds. The molecule has 1 aliphatic carbocycles. The molecule has 0 N–H and O–H groups in total. The summed E-state index contributed by atoms with van der Waals surface area (Å²) in [6, 6.07) is 2.73. The standard InChI is InChI=1S/C13H17ClN2O3/c1-8-3-4-10(7-9(8)2)19-13-11(16(17)18)5-6-12(14)15-13/h5-6,8-10H,3-4,7H2,1-2H3. The molecule has 1 saturated carbocycles. The summed E-state index contributed by atoms with van der Waals surface area (Å²) < 4.78 is 5.71. The topological polar surface area (TPSA) is 65.3 Å². The van der Waals surface area contributed by atoms with Crippen molar-refractivity contribution < 1.29 is 9.66 Å². The zero-order valence-electron chi connectivity index (χ0n) is 11.0. The van der Waals surface area contributed by atoms with Crippen LogP contribution in [0.1, 0.15) is 33.1 Å². The van der Waals surface area contributed by atoms with E-state index in [9.17, 15) is 10.1 Å². The van der Waals surface area contributed by atoms with E-state index >= 15 is 0 Å². The molecular weight excluding hydrogens is 268 g/mol. The molecule has 0 spiro atoms. The van der Waals surface area contributed by atoms with Gasteiger partial charge in [0.1, 0.15) is 11.3 Å². The van der Waals surface area contributed by atoms with E-state index in [1.807, 2.05) is 0 Å². The minimum Gasteiger partial charge on any atom is -0.469 e. The van der Waals surface area contributed by atoms with E-state index in [0.29, 0.717) is 11.8 Å². The molecule has 3 atom stereocenters. The van der Waals surface area contributed by atoms with Gasteiger partial charge in [-0.1, -0.05) is 25.4 Å². The lowest BCUT2D eigenvalue weighted by Crippen LogP contribution is -2.29. The molecule has 1 heterocycles. The molecule has 0 radical (unpaired) electrons. The van der Waals surface area contributed by atoms with Crippen LogP contribution in [0.5, 0.6) is 5.88 Å². The van der Waals surface area contributed by atoms with Gasteiger partial charge < -0.3 is 4.74 Å². The second kappa shape index (κ2) is 5.74. The molecule has 1 aromatic rings. The fourth-order valence-electron chi connectivity index (χ4n) is 2.40. The summed E-state index contributed by atoms with van der Waals surface area (Å²) in [7, 11) is 0. The molecule has 5 nitrogen and oxygen atoms in total. The maximum atomic E-state index is 10.9. The first-order chi connectivity index (χ1) is 8.97. The average Bonchev–Trinajstić information content (AvgIpc) is 2.33. The Morgan fingerprint density at radius 3 is 2.74 bits per heavy atom. The van der Waals surface area contributed by atoms with Crippen molar-refractivity contribution in [1.82, 2.24) is 4.98 Å². The number of nitrogens with zero attached hydrogens (tertiary/aromatic N) is 2. The number of halogens is 1. The van der Waals surface area contributed by atoms with E-state index in [1.165, 1.54) is 12.1 Å². The predicted molar refractivity (Wildman–Crippen MR) is 72.5 cm³/mol. The second-order valence-electron chi connectivity index (χ2n) is 5.22. The Labute approximate surface area is 117 Å². The lowest BCUT2D eigenvalue weighted by Gasteiger charge is -2.31. The smallest absolute Gasteiger partial charge is 0.331 e. The molecule has 6 heteroatoms. The first kappa shape index (κ1) is 14.1. The van der Waals surface area contributed by atoms with Crippen LogP contribution in [0, 0.1) is 22.0 Å². The summed E-state index contributed by atoms with van der Waals surface area (Å²) in [6.07, 6.45) is 2.85. The van der Waals surface area contributed by atoms with Gasteiger partial charge in [0.25, 0.3) is 5.88 Å². The Morgan fingerprint density at radius 2 is 2.11 bits per heavy atom. The summed E-state index contributed by atoms with van der Waals surface area (Å²) in [5.74, 6) is 1.25. The van der Waals surface area contributed by atoms with Crippen molar-refractivity contribution in [1.29, 1.82) is 0 Å². The van der Waals surface area contributed by atoms with Crippen LogP contribution < -0.4 is 4.74 Å². The predicted octanol–water partition coefficient (Wildman–Crippen LogP) is 3.85. The Kier molecular flexibility index (Phi) is 4.24. The minimum atomic E-state index is -0.493. The van der Waals surface area contributed by atoms with Gasteiger partial charge in [0.15, 0.2) is 0 Å². The van der Waals surface area contributed by atoms with Gasteiger partial charge in [-0.2, -0.15) is 4.98 Å². The largest absolute Gasteiger partial charge is 0.469 e. The number of hydrogen-bond acceptors (Lipinski definition) is 4. The Bertz CT molecular complexity index is 481. The lowest BCUT2D eigenvalue weighted by atomic mass is 9.80. The molecule has 1 aromatic heterocycles. The van der Waals surface area contributed by atoms with Crippen LogP contribution in [-0.4, -0.2) is 16.0 Å². The quantitative estimate of drug-likeness (QED) is 0.480. The summed E-state index contributed by atoms with van der Waals surface area (Å²) in [5, 5.41) is 11.1. The van der Waals surface area contributed by atoms with Crippen molar-refractivity contribution in [3.8, 4) is 5.88 Å².